The number of hydrogen-bond donors (Lipinski definition) is 0. The molecule has 7 heteroatoms. The number of carbonyl (C=O) groups excluding carboxylic acids is 2. The van der Waals surface area contributed by atoms with Crippen LogP contribution in [0.3, 0.4) is 0 Å². The van der Waals surface area contributed by atoms with E-state index in [0.717, 1.165) is 25.7 Å². The van der Waals surface area contributed by atoms with Gasteiger partial charge in [0.05, 0.1) is 17.2 Å². The second-order valence-corrected chi connectivity index (χ2v) is 6.15. The summed E-state index contributed by atoms with van der Waals surface area (Å²) in [7, 11) is 0. The molecule has 0 saturated carbocycles. The zero-order valence-electron chi connectivity index (χ0n) is 14.0. The Balaban J connectivity index is 1.58. The Hall–Kier alpha value is -2.70. The molecular weight excluding hydrogens is 322 g/mol. The van der Waals surface area contributed by atoms with E-state index in [-0.39, 0.29) is 24.6 Å². The summed E-state index contributed by atoms with van der Waals surface area (Å²) < 4.78 is 6.25. The van der Waals surface area contributed by atoms with Crippen LogP contribution < -0.4 is 5.56 Å². The van der Waals surface area contributed by atoms with E-state index < -0.39 is 5.97 Å². The molecule has 25 heavy (non-hydrogen) atoms. The van der Waals surface area contributed by atoms with Gasteiger partial charge in [-0.1, -0.05) is 25.0 Å². The fourth-order valence-corrected chi connectivity index (χ4v) is 2.96. The first-order valence-corrected chi connectivity index (χ1v) is 8.53. The van der Waals surface area contributed by atoms with Gasteiger partial charge in [-0.05, 0) is 25.0 Å². The van der Waals surface area contributed by atoms with E-state index in [1.807, 2.05) is 0 Å². The lowest BCUT2D eigenvalue weighted by atomic mass is 10.2. The van der Waals surface area contributed by atoms with Crippen LogP contribution >= 0.6 is 0 Å². The maximum Gasteiger partial charge on any atom is 0.326 e. The summed E-state index contributed by atoms with van der Waals surface area (Å²) in [4.78, 5) is 42.3. The van der Waals surface area contributed by atoms with Crippen LogP contribution in [0.15, 0.2) is 35.4 Å². The van der Waals surface area contributed by atoms with Crippen LogP contribution in [0.1, 0.15) is 25.7 Å². The minimum absolute atomic E-state index is 0.181. The Kier molecular flexibility index (Phi) is 5.42. The molecule has 1 amide bonds. The Morgan fingerprint density at radius 2 is 1.80 bits per heavy atom. The van der Waals surface area contributed by atoms with Crippen LogP contribution in [-0.2, 0) is 20.9 Å². The van der Waals surface area contributed by atoms with Crippen molar-refractivity contribution >= 4 is 22.8 Å². The van der Waals surface area contributed by atoms with Crippen molar-refractivity contribution in [3.8, 4) is 0 Å². The first-order valence-electron chi connectivity index (χ1n) is 8.53. The highest BCUT2D eigenvalue weighted by atomic mass is 16.5. The standard InChI is InChI=1S/C18H21N3O4/c22-16(20-9-5-1-2-6-10-20)12-25-17(23)11-21-13-19-15-8-4-3-7-14(15)18(21)24/h3-4,7-8,13H,1-2,5-6,9-12H2. The monoisotopic (exact) mass is 343 g/mol. The molecule has 1 saturated heterocycles. The third kappa shape index (κ3) is 4.23. The van der Waals surface area contributed by atoms with Gasteiger partial charge in [-0.15, -0.1) is 0 Å². The van der Waals surface area contributed by atoms with E-state index in [2.05, 4.69) is 4.98 Å². The largest absolute Gasteiger partial charge is 0.454 e. The zero-order chi connectivity index (χ0) is 17.6. The molecule has 132 valence electrons. The molecule has 1 aromatic carbocycles. The smallest absolute Gasteiger partial charge is 0.326 e. The SMILES string of the molecule is O=C(Cn1cnc2ccccc2c1=O)OCC(=O)N1CCCCCC1. The topological polar surface area (TPSA) is 81.5 Å². The number of carbonyl (C=O) groups is 2. The van der Waals surface area contributed by atoms with Crippen LogP contribution in [0.2, 0.25) is 0 Å². The predicted molar refractivity (Wildman–Crippen MR) is 92.0 cm³/mol. The Morgan fingerprint density at radius 1 is 1.08 bits per heavy atom. The number of aromatic nitrogens is 2. The van der Waals surface area contributed by atoms with Crippen molar-refractivity contribution in [3.63, 3.8) is 0 Å². The van der Waals surface area contributed by atoms with E-state index >= 15 is 0 Å². The van der Waals surface area contributed by atoms with Gasteiger partial charge in [0.15, 0.2) is 6.61 Å². The van der Waals surface area contributed by atoms with E-state index in [1.54, 1.807) is 29.2 Å². The van der Waals surface area contributed by atoms with Gasteiger partial charge in [0.1, 0.15) is 6.54 Å². The van der Waals surface area contributed by atoms with E-state index in [0.29, 0.717) is 24.0 Å². The molecule has 1 aliphatic rings. The molecule has 3 rings (SSSR count). The molecule has 7 nitrogen and oxygen atoms in total. The van der Waals surface area contributed by atoms with E-state index in [1.165, 1.54) is 10.9 Å². The molecule has 2 aromatic rings. The lowest BCUT2D eigenvalue weighted by molar-refractivity contribution is -0.152. The van der Waals surface area contributed by atoms with Gasteiger partial charge in [0, 0.05) is 13.1 Å². The van der Waals surface area contributed by atoms with Crippen molar-refractivity contribution in [2.45, 2.75) is 32.2 Å². The molecule has 1 aromatic heterocycles. The van der Waals surface area contributed by atoms with Crippen molar-refractivity contribution in [1.82, 2.24) is 14.5 Å². The molecule has 0 bridgehead atoms. The summed E-state index contributed by atoms with van der Waals surface area (Å²) in [5.41, 5.74) is 0.273. The highest BCUT2D eigenvalue weighted by molar-refractivity contribution is 5.81. The Morgan fingerprint density at radius 3 is 2.56 bits per heavy atom. The number of para-hydroxylation sites is 1. The van der Waals surface area contributed by atoms with Gasteiger partial charge in [-0.3, -0.25) is 19.0 Å². The molecule has 0 radical (unpaired) electrons. The molecule has 0 spiro atoms. The lowest BCUT2D eigenvalue weighted by Crippen LogP contribution is -2.36. The van der Waals surface area contributed by atoms with Crippen LogP contribution in [0, 0.1) is 0 Å². The van der Waals surface area contributed by atoms with Gasteiger partial charge in [-0.25, -0.2) is 4.98 Å². The fraction of sp³-hybridized carbons (Fsp3) is 0.444. The van der Waals surface area contributed by atoms with E-state index in [9.17, 15) is 14.4 Å². The number of rotatable bonds is 4. The predicted octanol–water partition coefficient (Wildman–Crippen LogP) is 1.34. The molecular formula is C18H21N3O4. The molecule has 0 unspecified atom stereocenters. The quantitative estimate of drug-likeness (QED) is 0.783. The molecule has 1 fully saturated rings. The second-order valence-electron chi connectivity index (χ2n) is 6.15. The first-order chi connectivity index (χ1) is 12.1. The molecule has 0 N–H and O–H groups in total. The minimum Gasteiger partial charge on any atom is -0.454 e. The number of benzene rings is 1. The third-order valence-electron chi connectivity index (χ3n) is 4.35. The van der Waals surface area contributed by atoms with Crippen LogP contribution in [0.4, 0.5) is 0 Å². The maximum absolute atomic E-state index is 12.3. The summed E-state index contributed by atoms with van der Waals surface area (Å²) in [5, 5.41) is 0.443. The number of ether oxygens (including phenoxy) is 1. The highest BCUT2D eigenvalue weighted by Crippen LogP contribution is 2.10. The number of fused-ring (bicyclic) bond motifs is 1. The summed E-state index contributed by atoms with van der Waals surface area (Å²) in [6.07, 6.45) is 5.54. The van der Waals surface area contributed by atoms with Gasteiger partial charge in [-0.2, -0.15) is 0 Å². The van der Waals surface area contributed by atoms with Crippen LogP contribution in [0.5, 0.6) is 0 Å². The van der Waals surface area contributed by atoms with Gasteiger partial charge in [0.2, 0.25) is 0 Å². The lowest BCUT2D eigenvalue weighted by Gasteiger charge is -2.20. The van der Waals surface area contributed by atoms with Gasteiger partial charge < -0.3 is 9.64 Å². The van der Waals surface area contributed by atoms with Crippen LogP contribution in [0.25, 0.3) is 10.9 Å². The molecule has 2 heterocycles. The zero-order valence-corrected chi connectivity index (χ0v) is 14.0. The normalized spacial score (nSPS) is 15.0. The average Bonchev–Trinajstić information content (AvgIpc) is 2.92. The second kappa shape index (κ2) is 7.92. The number of likely N-dealkylation sites (tertiary alicyclic amines) is 1. The number of nitrogens with zero attached hydrogens (tertiary/aromatic N) is 3. The number of hydrogen-bond acceptors (Lipinski definition) is 5. The summed E-state index contributed by atoms with van der Waals surface area (Å²) in [5.74, 6) is -0.804. The number of amides is 1. The summed E-state index contributed by atoms with van der Waals surface area (Å²) in [6.45, 7) is 0.882. The maximum atomic E-state index is 12.3. The van der Waals surface area contributed by atoms with Gasteiger partial charge >= 0.3 is 5.97 Å². The van der Waals surface area contributed by atoms with E-state index in [4.69, 9.17) is 4.74 Å². The first kappa shape index (κ1) is 17.1. The van der Waals surface area contributed by atoms with Crippen molar-refractivity contribution in [2.24, 2.45) is 0 Å². The third-order valence-corrected chi connectivity index (χ3v) is 4.35. The highest BCUT2D eigenvalue weighted by Gasteiger charge is 2.17. The molecule has 0 aliphatic carbocycles. The fourth-order valence-electron chi connectivity index (χ4n) is 2.96. The average molecular weight is 343 g/mol. The number of esters is 1. The summed E-state index contributed by atoms with van der Waals surface area (Å²) in [6, 6.07) is 6.93. The Labute approximate surface area is 145 Å². The van der Waals surface area contributed by atoms with Crippen molar-refractivity contribution in [2.75, 3.05) is 19.7 Å². The Bertz CT molecular complexity index is 822. The van der Waals surface area contributed by atoms with Crippen molar-refractivity contribution in [3.05, 3.63) is 40.9 Å². The van der Waals surface area contributed by atoms with Crippen molar-refractivity contribution in [1.29, 1.82) is 0 Å². The molecule has 1 aliphatic heterocycles. The van der Waals surface area contributed by atoms with Crippen LogP contribution in [-0.4, -0.2) is 46.0 Å². The molecule has 0 atom stereocenters. The minimum atomic E-state index is -0.623. The van der Waals surface area contributed by atoms with Gasteiger partial charge in [0.25, 0.3) is 11.5 Å². The summed E-state index contributed by atoms with van der Waals surface area (Å²) >= 11 is 0. The van der Waals surface area contributed by atoms with Crippen molar-refractivity contribution < 1.29 is 14.3 Å².